The molecular weight excluding hydrogens is 454 g/mol. The van der Waals surface area contributed by atoms with Crippen LogP contribution in [0.25, 0.3) is 17.0 Å². The van der Waals surface area contributed by atoms with Crippen LogP contribution in [0, 0.1) is 0 Å². The highest BCUT2D eigenvalue weighted by Crippen LogP contribution is 2.23. The molecule has 0 saturated carbocycles. The number of hydrogen-bond acceptors (Lipinski definition) is 5. The summed E-state index contributed by atoms with van der Waals surface area (Å²) < 4.78 is 11.7. The van der Waals surface area contributed by atoms with Crippen LogP contribution in [0.4, 0.5) is 0 Å². The predicted molar refractivity (Wildman–Crippen MR) is 140 cm³/mol. The van der Waals surface area contributed by atoms with Crippen molar-refractivity contribution in [2.45, 2.75) is 26.4 Å². The zero-order valence-electron chi connectivity index (χ0n) is 20.0. The molecule has 3 aromatic carbocycles. The third kappa shape index (κ3) is 6.36. The van der Waals surface area contributed by atoms with E-state index >= 15 is 0 Å². The molecule has 1 N–H and O–H groups in total. The van der Waals surface area contributed by atoms with Gasteiger partial charge in [0, 0.05) is 5.39 Å². The quantitative estimate of drug-likeness (QED) is 0.148. The van der Waals surface area contributed by atoms with Gasteiger partial charge in [-0.3, -0.25) is 4.79 Å². The maximum Gasteiger partial charge on any atom is 0.335 e. The van der Waals surface area contributed by atoms with Gasteiger partial charge in [0.1, 0.15) is 18.1 Å². The fourth-order valence-corrected chi connectivity index (χ4v) is 3.62. The molecule has 0 saturated heterocycles. The number of aromatic carboxylic acids is 1. The van der Waals surface area contributed by atoms with Crippen LogP contribution in [-0.2, 0) is 6.61 Å². The molecule has 0 unspecified atom stereocenters. The fraction of sp³-hybridized carbons (Fsp3) is 0.167. The minimum absolute atomic E-state index is 0.0345. The van der Waals surface area contributed by atoms with Crippen molar-refractivity contribution in [3.8, 4) is 11.5 Å². The van der Waals surface area contributed by atoms with Gasteiger partial charge in [0.2, 0.25) is 0 Å². The predicted octanol–water partition coefficient (Wildman–Crippen LogP) is 6.59. The Labute approximate surface area is 209 Å². The van der Waals surface area contributed by atoms with Crippen LogP contribution >= 0.6 is 0 Å². The molecule has 182 valence electrons. The number of para-hydroxylation sites is 1. The van der Waals surface area contributed by atoms with Crippen LogP contribution < -0.4 is 9.47 Å². The Balaban J connectivity index is 1.46. The van der Waals surface area contributed by atoms with Gasteiger partial charge < -0.3 is 14.6 Å². The molecule has 1 heterocycles. The molecule has 4 rings (SSSR count). The molecule has 0 aliphatic heterocycles. The van der Waals surface area contributed by atoms with Crippen LogP contribution in [0.2, 0.25) is 0 Å². The summed E-state index contributed by atoms with van der Waals surface area (Å²) in [7, 11) is 0. The average Bonchev–Trinajstić information content (AvgIpc) is 2.91. The van der Waals surface area contributed by atoms with Crippen LogP contribution in [0.1, 0.15) is 51.7 Å². The largest absolute Gasteiger partial charge is 0.493 e. The number of benzene rings is 3. The Bertz CT molecular complexity index is 1410. The van der Waals surface area contributed by atoms with E-state index in [0.717, 1.165) is 35.0 Å². The number of pyridine rings is 1. The van der Waals surface area contributed by atoms with Crippen molar-refractivity contribution >= 4 is 28.7 Å². The number of ether oxygens (including phenoxy) is 2. The molecule has 0 aliphatic carbocycles. The van der Waals surface area contributed by atoms with Gasteiger partial charge in [-0.25, -0.2) is 9.78 Å². The molecule has 0 radical (unpaired) electrons. The minimum Gasteiger partial charge on any atom is -0.493 e. The number of carbonyl (C=O) groups excluding carboxylic acids is 1. The fourth-order valence-electron chi connectivity index (χ4n) is 3.62. The third-order valence-corrected chi connectivity index (χ3v) is 5.58. The third-order valence-electron chi connectivity index (χ3n) is 5.58. The van der Waals surface area contributed by atoms with Crippen molar-refractivity contribution in [1.82, 2.24) is 4.98 Å². The van der Waals surface area contributed by atoms with E-state index in [9.17, 15) is 14.7 Å². The summed E-state index contributed by atoms with van der Waals surface area (Å²) in [4.78, 5) is 29.0. The lowest BCUT2D eigenvalue weighted by atomic mass is 10.0. The topological polar surface area (TPSA) is 85.7 Å². The first-order valence-electron chi connectivity index (χ1n) is 11.8. The van der Waals surface area contributed by atoms with Gasteiger partial charge in [-0.1, -0.05) is 55.8 Å². The summed E-state index contributed by atoms with van der Waals surface area (Å²) >= 11 is 0. The van der Waals surface area contributed by atoms with Crippen LogP contribution in [0.3, 0.4) is 0 Å². The molecular formula is C30H27NO5. The van der Waals surface area contributed by atoms with Gasteiger partial charge >= 0.3 is 5.97 Å². The summed E-state index contributed by atoms with van der Waals surface area (Å²) in [5.41, 5.74) is 2.76. The van der Waals surface area contributed by atoms with Crippen molar-refractivity contribution < 1.29 is 24.2 Å². The van der Waals surface area contributed by atoms with E-state index in [4.69, 9.17) is 9.47 Å². The SMILES string of the molecule is CCCCOc1ccc(C(=O)O)cc1C(=O)C=Cc1cccc(OCc2ccc3ccccc3n2)c1. The summed E-state index contributed by atoms with van der Waals surface area (Å²) in [6.07, 6.45) is 4.88. The highest BCUT2D eigenvalue weighted by atomic mass is 16.5. The molecule has 0 aliphatic rings. The van der Waals surface area contributed by atoms with Crippen molar-refractivity contribution in [3.63, 3.8) is 0 Å². The lowest BCUT2D eigenvalue weighted by Gasteiger charge is -2.10. The van der Waals surface area contributed by atoms with Crippen LogP contribution in [0.15, 0.2) is 84.9 Å². The summed E-state index contributed by atoms with van der Waals surface area (Å²) in [5.74, 6) is -0.408. The highest BCUT2D eigenvalue weighted by molar-refractivity contribution is 6.09. The lowest BCUT2D eigenvalue weighted by molar-refractivity contribution is 0.0697. The molecule has 0 spiro atoms. The second-order valence-electron chi connectivity index (χ2n) is 8.27. The Kier molecular flexibility index (Phi) is 8.08. The van der Waals surface area contributed by atoms with E-state index in [-0.39, 0.29) is 16.9 Å². The maximum absolute atomic E-state index is 12.9. The highest BCUT2D eigenvalue weighted by Gasteiger charge is 2.14. The van der Waals surface area contributed by atoms with Crippen molar-refractivity contribution in [2.75, 3.05) is 6.61 Å². The van der Waals surface area contributed by atoms with Gasteiger partial charge in [0.05, 0.1) is 28.9 Å². The number of fused-ring (bicyclic) bond motifs is 1. The average molecular weight is 482 g/mol. The van der Waals surface area contributed by atoms with Gasteiger partial charge in [-0.15, -0.1) is 0 Å². The van der Waals surface area contributed by atoms with Gasteiger partial charge in [0.25, 0.3) is 0 Å². The number of carbonyl (C=O) groups is 2. The van der Waals surface area contributed by atoms with E-state index in [2.05, 4.69) is 4.98 Å². The Morgan fingerprint density at radius 1 is 0.944 bits per heavy atom. The molecule has 4 aromatic rings. The second-order valence-corrected chi connectivity index (χ2v) is 8.27. The van der Waals surface area contributed by atoms with E-state index in [0.29, 0.717) is 24.7 Å². The molecule has 0 amide bonds. The number of carboxylic acids is 1. The number of carboxylic acid groups (broad SMARTS) is 1. The molecule has 6 heteroatoms. The summed E-state index contributed by atoms with van der Waals surface area (Å²) in [6.45, 7) is 2.82. The molecule has 6 nitrogen and oxygen atoms in total. The maximum atomic E-state index is 12.9. The van der Waals surface area contributed by atoms with E-state index in [1.807, 2.05) is 67.6 Å². The summed E-state index contributed by atoms with van der Waals surface area (Å²) in [6, 6.07) is 23.6. The van der Waals surface area contributed by atoms with E-state index in [1.165, 1.54) is 24.3 Å². The number of rotatable bonds is 11. The van der Waals surface area contributed by atoms with Crippen molar-refractivity contribution in [3.05, 3.63) is 107 Å². The monoisotopic (exact) mass is 481 g/mol. The number of aromatic nitrogens is 1. The second kappa shape index (κ2) is 11.8. The molecule has 0 bridgehead atoms. The van der Waals surface area contributed by atoms with Gasteiger partial charge in [0.15, 0.2) is 5.78 Å². The minimum atomic E-state index is -1.10. The standard InChI is InChI=1S/C30H27NO5/c1-2-3-17-35-29-16-13-23(30(33)34)19-26(29)28(32)15-11-21-7-6-9-25(18-21)36-20-24-14-12-22-8-4-5-10-27(22)31-24/h4-16,18-19H,2-3,17,20H2,1H3,(H,33,34). The Morgan fingerprint density at radius 2 is 1.81 bits per heavy atom. The number of allylic oxidation sites excluding steroid dienone is 1. The van der Waals surface area contributed by atoms with Crippen molar-refractivity contribution in [1.29, 1.82) is 0 Å². The normalized spacial score (nSPS) is 11.0. The van der Waals surface area contributed by atoms with Gasteiger partial charge in [-0.2, -0.15) is 0 Å². The Morgan fingerprint density at radius 3 is 2.64 bits per heavy atom. The molecule has 0 fully saturated rings. The molecule has 1 aromatic heterocycles. The van der Waals surface area contributed by atoms with Crippen LogP contribution in [0.5, 0.6) is 11.5 Å². The first-order chi connectivity index (χ1) is 17.5. The number of nitrogens with zero attached hydrogens (tertiary/aromatic N) is 1. The van der Waals surface area contributed by atoms with E-state index < -0.39 is 5.97 Å². The van der Waals surface area contributed by atoms with Gasteiger partial charge in [-0.05, 0) is 60.5 Å². The van der Waals surface area contributed by atoms with Crippen LogP contribution in [-0.4, -0.2) is 28.4 Å². The first-order valence-corrected chi connectivity index (χ1v) is 11.8. The Hall–Kier alpha value is -4.45. The smallest absolute Gasteiger partial charge is 0.335 e. The number of hydrogen-bond donors (Lipinski definition) is 1. The first kappa shape index (κ1) is 24.7. The van der Waals surface area contributed by atoms with Crippen molar-refractivity contribution in [2.24, 2.45) is 0 Å². The molecule has 0 atom stereocenters. The van der Waals surface area contributed by atoms with E-state index in [1.54, 1.807) is 6.08 Å². The molecule has 36 heavy (non-hydrogen) atoms. The summed E-state index contributed by atoms with van der Waals surface area (Å²) in [5, 5.41) is 10.4. The zero-order chi connectivity index (χ0) is 25.3. The number of ketones is 1. The number of unbranched alkanes of at least 4 members (excludes halogenated alkanes) is 1. The lowest BCUT2D eigenvalue weighted by Crippen LogP contribution is -2.06. The zero-order valence-corrected chi connectivity index (χ0v) is 20.0.